The third kappa shape index (κ3) is 2.55. The van der Waals surface area contributed by atoms with E-state index in [1.54, 1.807) is 7.11 Å². The molecule has 2 heterocycles. The standard InChI is InChI=1S/C12H21N3O/c1-3-11-8-12(16-2)15(14-11)9-10-4-6-13-7-5-10/h8,10,13H,3-7,9H2,1-2H3. The van der Waals surface area contributed by atoms with Crippen LogP contribution < -0.4 is 10.1 Å². The zero-order valence-electron chi connectivity index (χ0n) is 10.2. The first-order valence-electron chi connectivity index (χ1n) is 6.15. The average Bonchev–Trinajstić information content (AvgIpc) is 2.73. The van der Waals surface area contributed by atoms with E-state index in [-0.39, 0.29) is 0 Å². The summed E-state index contributed by atoms with van der Waals surface area (Å²) in [5.74, 6) is 1.63. The van der Waals surface area contributed by atoms with Gasteiger partial charge in [-0.25, -0.2) is 4.68 Å². The van der Waals surface area contributed by atoms with Gasteiger partial charge in [0.15, 0.2) is 0 Å². The van der Waals surface area contributed by atoms with Crippen molar-refractivity contribution in [2.24, 2.45) is 5.92 Å². The van der Waals surface area contributed by atoms with E-state index in [1.807, 2.05) is 10.7 Å². The Morgan fingerprint density at radius 1 is 1.50 bits per heavy atom. The lowest BCUT2D eigenvalue weighted by atomic mass is 9.98. The van der Waals surface area contributed by atoms with Crippen molar-refractivity contribution in [1.29, 1.82) is 0 Å². The lowest BCUT2D eigenvalue weighted by molar-refractivity contribution is 0.289. The number of hydrogen-bond acceptors (Lipinski definition) is 3. The van der Waals surface area contributed by atoms with Crippen LogP contribution in [0.2, 0.25) is 0 Å². The molecular weight excluding hydrogens is 202 g/mol. The Bertz CT molecular complexity index is 329. The molecule has 1 aromatic heterocycles. The molecular formula is C12H21N3O. The van der Waals surface area contributed by atoms with E-state index < -0.39 is 0 Å². The van der Waals surface area contributed by atoms with Gasteiger partial charge in [-0.15, -0.1) is 0 Å². The number of aryl methyl sites for hydroxylation is 1. The Balaban J connectivity index is 2.03. The van der Waals surface area contributed by atoms with Gasteiger partial charge in [-0.1, -0.05) is 6.92 Å². The summed E-state index contributed by atoms with van der Waals surface area (Å²) in [5.41, 5.74) is 1.12. The van der Waals surface area contributed by atoms with Crippen LogP contribution in [-0.2, 0) is 13.0 Å². The molecule has 0 aliphatic carbocycles. The first-order chi connectivity index (χ1) is 7.83. The Hall–Kier alpha value is -1.03. The van der Waals surface area contributed by atoms with Crippen molar-refractivity contribution in [3.05, 3.63) is 11.8 Å². The third-order valence-corrected chi connectivity index (χ3v) is 3.25. The minimum absolute atomic E-state index is 0.736. The Morgan fingerprint density at radius 3 is 2.88 bits per heavy atom. The van der Waals surface area contributed by atoms with Crippen molar-refractivity contribution in [3.63, 3.8) is 0 Å². The number of rotatable bonds is 4. The van der Waals surface area contributed by atoms with Crippen LogP contribution in [0.4, 0.5) is 0 Å². The van der Waals surface area contributed by atoms with Gasteiger partial charge in [0.1, 0.15) is 0 Å². The molecule has 0 radical (unpaired) electrons. The molecule has 90 valence electrons. The van der Waals surface area contributed by atoms with Gasteiger partial charge < -0.3 is 10.1 Å². The van der Waals surface area contributed by atoms with E-state index in [9.17, 15) is 0 Å². The molecule has 0 amide bonds. The second kappa shape index (κ2) is 5.34. The van der Waals surface area contributed by atoms with Crippen LogP contribution in [0.1, 0.15) is 25.5 Å². The Kier molecular flexibility index (Phi) is 3.83. The molecule has 1 saturated heterocycles. The number of piperidine rings is 1. The molecule has 1 aromatic rings. The van der Waals surface area contributed by atoms with E-state index in [1.165, 1.54) is 12.8 Å². The molecule has 4 nitrogen and oxygen atoms in total. The molecule has 0 spiro atoms. The number of ether oxygens (including phenoxy) is 1. The minimum atomic E-state index is 0.736. The molecule has 0 bridgehead atoms. The number of hydrogen-bond donors (Lipinski definition) is 1. The van der Waals surface area contributed by atoms with Crippen molar-refractivity contribution in [2.75, 3.05) is 20.2 Å². The van der Waals surface area contributed by atoms with Crippen LogP contribution in [0, 0.1) is 5.92 Å². The molecule has 0 aromatic carbocycles. The monoisotopic (exact) mass is 223 g/mol. The molecule has 2 rings (SSSR count). The summed E-state index contributed by atoms with van der Waals surface area (Å²) in [7, 11) is 1.72. The van der Waals surface area contributed by atoms with Crippen LogP contribution in [0.25, 0.3) is 0 Å². The van der Waals surface area contributed by atoms with Crippen LogP contribution in [-0.4, -0.2) is 30.0 Å². The molecule has 0 saturated carbocycles. The molecule has 1 aliphatic rings. The lowest BCUT2D eigenvalue weighted by Crippen LogP contribution is -2.30. The van der Waals surface area contributed by atoms with Crippen molar-refractivity contribution in [2.45, 2.75) is 32.7 Å². The molecule has 1 aliphatic heterocycles. The molecule has 1 N–H and O–H groups in total. The van der Waals surface area contributed by atoms with E-state index in [4.69, 9.17) is 4.74 Å². The first kappa shape index (κ1) is 11.5. The van der Waals surface area contributed by atoms with Crippen LogP contribution >= 0.6 is 0 Å². The largest absolute Gasteiger partial charge is 0.481 e. The van der Waals surface area contributed by atoms with Crippen molar-refractivity contribution < 1.29 is 4.74 Å². The SMILES string of the molecule is CCc1cc(OC)n(CC2CCNCC2)n1. The zero-order valence-corrected chi connectivity index (χ0v) is 10.2. The Labute approximate surface area is 97.0 Å². The fourth-order valence-electron chi connectivity index (χ4n) is 2.23. The number of aromatic nitrogens is 2. The fraction of sp³-hybridized carbons (Fsp3) is 0.750. The normalized spacial score (nSPS) is 17.6. The maximum Gasteiger partial charge on any atom is 0.211 e. The fourth-order valence-corrected chi connectivity index (χ4v) is 2.23. The molecule has 1 fully saturated rings. The van der Waals surface area contributed by atoms with Crippen molar-refractivity contribution in [3.8, 4) is 5.88 Å². The van der Waals surface area contributed by atoms with E-state index in [2.05, 4.69) is 17.3 Å². The maximum absolute atomic E-state index is 5.35. The van der Waals surface area contributed by atoms with Gasteiger partial charge in [0.2, 0.25) is 5.88 Å². The molecule has 16 heavy (non-hydrogen) atoms. The van der Waals surface area contributed by atoms with Gasteiger partial charge in [-0.05, 0) is 38.3 Å². The number of nitrogens with zero attached hydrogens (tertiary/aromatic N) is 2. The average molecular weight is 223 g/mol. The van der Waals surface area contributed by atoms with Crippen molar-refractivity contribution >= 4 is 0 Å². The van der Waals surface area contributed by atoms with Crippen molar-refractivity contribution in [1.82, 2.24) is 15.1 Å². The smallest absolute Gasteiger partial charge is 0.211 e. The first-order valence-corrected chi connectivity index (χ1v) is 6.15. The zero-order chi connectivity index (χ0) is 11.4. The highest BCUT2D eigenvalue weighted by Crippen LogP contribution is 2.19. The maximum atomic E-state index is 5.35. The summed E-state index contributed by atoms with van der Waals surface area (Å²) >= 11 is 0. The van der Waals surface area contributed by atoms with Gasteiger partial charge in [0, 0.05) is 12.6 Å². The number of methoxy groups -OCH3 is 1. The molecule has 4 heteroatoms. The predicted molar refractivity (Wildman–Crippen MR) is 63.8 cm³/mol. The van der Waals surface area contributed by atoms with Gasteiger partial charge in [0.25, 0.3) is 0 Å². The Morgan fingerprint density at radius 2 is 2.25 bits per heavy atom. The van der Waals surface area contributed by atoms with Gasteiger partial charge in [-0.3, -0.25) is 0 Å². The second-order valence-corrected chi connectivity index (χ2v) is 4.41. The second-order valence-electron chi connectivity index (χ2n) is 4.41. The van der Waals surface area contributed by atoms with Gasteiger partial charge in [-0.2, -0.15) is 5.10 Å². The minimum Gasteiger partial charge on any atom is -0.481 e. The predicted octanol–water partition coefficient (Wildman–Crippen LogP) is 1.45. The summed E-state index contributed by atoms with van der Waals surface area (Å²) < 4.78 is 7.38. The van der Waals surface area contributed by atoms with Gasteiger partial charge in [0.05, 0.1) is 12.8 Å². The molecule has 0 atom stereocenters. The summed E-state index contributed by atoms with van der Waals surface area (Å²) in [6.45, 7) is 5.38. The lowest BCUT2D eigenvalue weighted by Gasteiger charge is -2.22. The quantitative estimate of drug-likeness (QED) is 0.840. The van der Waals surface area contributed by atoms with E-state index >= 15 is 0 Å². The summed E-state index contributed by atoms with van der Waals surface area (Å²) in [6, 6.07) is 2.04. The highest BCUT2D eigenvalue weighted by molar-refractivity contribution is 5.16. The van der Waals surface area contributed by atoms with E-state index in [0.717, 1.165) is 43.5 Å². The highest BCUT2D eigenvalue weighted by Gasteiger charge is 2.16. The highest BCUT2D eigenvalue weighted by atomic mass is 16.5. The van der Waals surface area contributed by atoms with Crippen LogP contribution in [0.3, 0.4) is 0 Å². The summed E-state index contributed by atoms with van der Waals surface area (Å²) in [5, 5.41) is 7.95. The van der Waals surface area contributed by atoms with Gasteiger partial charge >= 0.3 is 0 Å². The summed E-state index contributed by atoms with van der Waals surface area (Å²) in [4.78, 5) is 0. The molecule has 0 unspecified atom stereocenters. The van der Waals surface area contributed by atoms with Crippen LogP contribution in [0.15, 0.2) is 6.07 Å². The van der Waals surface area contributed by atoms with Crippen LogP contribution in [0.5, 0.6) is 5.88 Å². The number of nitrogens with one attached hydrogen (secondary N) is 1. The summed E-state index contributed by atoms with van der Waals surface area (Å²) in [6.07, 6.45) is 3.45. The third-order valence-electron chi connectivity index (χ3n) is 3.25. The topological polar surface area (TPSA) is 39.1 Å². The van der Waals surface area contributed by atoms with E-state index in [0.29, 0.717) is 0 Å².